The SMILES string of the molecule is Cc1c2ccccc2cc2c(CCC3CCN(C(=O)OC(C)(C)C)CC3)noc12. The molecule has 2 aromatic carbocycles. The van der Waals surface area contributed by atoms with E-state index in [1.807, 2.05) is 25.7 Å². The van der Waals surface area contributed by atoms with Gasteiger partial charge in [-0.05, 0) is 76.1 Å². The van der Waals surface area contributed by atoms with Crippen LogP contribution in [-0.2, 0) is 11.2 Å². The van der Waals surface area contributed by atoms with Gasteiger partial charge in [-0.15, -0.1) is 0 Å². The number of hydrogen-bond donors (Lipinski definition) is 0. The quantitative estimate of drug-likeness (QED) is 0.557. The first kappa shape index (κ1) is 19.7. The summed E-state index contributed by atoms with van der Waals surface area (Å²) in [7, 11) is 0. The molecule has 0 spiro atoms. The number of likely N-dealkylation sites (tertiary alicyclic amines) is 1. The van der Waals surface area contributed by atoms with Crippen LogP contribution in [0.3, 0.4) is 0 Å². The Kier molecular flexibility index (Phi) is 5.24. The van der Waals surface area contributed by atoms with E-state index in [2.05, 4.69) is 42.4 Å². The third-order valence-electron chi connectivity index (χ3n) is 5.86. The van der Waals surface area contributed by atoms with Crippen molar-refractivity contribution in [2.24, 2.45) is 5.92 Å². The molecular weight excluding hydrogens is 364 g/mol. The van der Waals surface area contributed by atoms with Gasteiger partial charge in [0.05, 0.1) is 5.69 Å². The number of carbonyl (C=O) groups is 1. The van der Waals surface area contributed by atoms with Crippen molar-refractivity contribution in [3.63, 3.8) is 0 Å². The minimum absolute atomic E-state index is 0.194. The topological polar surface area (TPSA) is 55.6 Å². The van der Waals surface area contributed by atoms with E-state index in [4.69, 9.17) is 9.26 Å². The summed E-state index contributed by atoms with van der Waals surface area (Å²) in [6.07, 6.45) is 3.80. The summed E-state index contributed by atoms with van der Waals surface area (Å²) in [4.78, 5) is 14.1. The third kappa shape index (κ3) is 4.24. The zero-order chi connectivity index (χ0) is 20.6. The van der Waals surface area contributed by atoms with E-state index in [1.165, 1.54) is 10.8 Å². The van der Waals surface area contributed by atoms with Crippen LogP contribution in [0.1, 0.15) is 51.3 Å². The van der Waals surface area contributed by atoms with Gasteiger partial charge in [0.1, 0.15) is 5.60 Å². The fraction of sp³-hybridized carbons (Fsp3) is 0.500. The van der Waals surface area contributed by atoms with Gasteiger partial charge in [-0.2, -0.15) is 0 Å². The summed E-state index contributed by atoms with van der Waals surface area (Å²) >= 11 is 0. The second kappa shape index (κ2) is 7.69. The smallest absolute Gasteiger partial charge is 0.410 e. The van der Waals surface area contributed by atoms with Crippen LogP contribution in [0.5, 0.6) is 0 Å². The standard InChI is InChI=1S/C24H30N2O3/c1-16-19-8-6-5-7-18(19)15-20-21(25-29-22(16)20)10-9-17-11-13-26(14-12-17)23(27)28-24(2,3)4/h5-8,15,17H,9-14H2,1-4H3. The van der Waals surface area contributed by atoms with Crippen molar-refractivity contribution in [2.45, 2.75) is 59.0 Å². The fourth-order valence-electron chi connectivity index (χ4n) is 4.24. The number of carbonyl (C=O) groups excluding carboxylic acids is 1. The maximum Gasteiger partial charge on any atom is 0.410 e. The van der Waals surface area contributed by atoms with Crippen LogP contribution in [0, 0.1) is 12.8 Å². The van der Waals surface area contributed by atoms with Gasteiger partial charge in [0.15, 0.2) is 5.58 Å². The van der Waals surface area contributed by atoms with E-state index in [0.29, 0.717) is 5.92 Å². The summed E-state index contributed by atoms with van der Waals surface area (Å²) in [5.41, 5.74) is 2.66. The van der Waals surface area contributed by atoms with Gasteiger partial charge in [-0.1, -0.05) is 29.4 Å². The van der Waals surface area contributed by atoms with E-state index in [0.717, 1.165) is 61.0 Å². The molecule has 0 N–H and O–H groups in total. The number of fused-ring (bicyclic) bond motifs is 2. The van der Waals surface area contributed by atoms with Crippen LogP contribution in [0.15, 0.2) is 34.9 Å². The van der Waals surface area contributed by atoms with Crippen molar-refractivity contribution in [1.82, 2.24) is 10.1 Å². The molecule has 1 saturated heterocycles. The molecule has 5 heteroatoms. The molecule has 0 unspecified atom stereocenters. The number of benzene rings is 2. The maximum absolute atomic E-state index is 12.2. The Morgan fingerprint density at radius 2 is 1.93 bits per heavy atom. The highest BCUT2D eigenvalue weighted by Gasteiger charge is 2.27. The van der Waals surface area contributed by atoms with Gasteiger partial charge in [-0.25, -0.2) is 4.79 Å². The zero-order valence-electron chi connectivity index (χ0n) is 17.8. The number of ether oxygens (including phenoxy) is 1. The Morgan fingerprint density at radius 3 is 2.66 bits per heavy atom. The molecule has 0 aliphatic carbocycles. The van der Waals surface area contributed by atoms with Gasteiger partial charge in [-0.3, -0.25) is 0 Å². The predicted molar refractivity (Wildman–Crippen MR) is 115 cm³/mol. The van der Waals surface area contributed by atoms with E-state index in [9.17, 15) is 4.79 Å². The molecule has 1 aromatic heterocycles. The van der Waals surface area contributed by atoms with Gasteiger partial charge in [0, 0.05) is 24.0 Å². The Balaban J connectivity index is 1.39. The molecule has 29 heavy (non-hydrogen) atoms. The first-order chi connectivity index (χ1) is 13.8. The molecule has 2 heterocycles. The summed E-state index contributed by atoms with van der Waals surface area (Å²) in [5.74, 6) is 0.599. The van der Waals surface area contributed by atoms with E-state index in [1.54, 1.807) is 0 Å². The highest BCUT2D eigenvalue weighted by molar-refractivity contribution is 6.00. The third-order valence-corrected chi connectivity index (χ3v) is 5.86. The Hall–Kier alpha value is -2.56. The second-order valence-corrected chi connectivity index (χ2v) is 9.18. The average Bonchev–Trinajstić information content (AvgIpc) is 3.09. The molecule has 0 bridgehead atoms. The highest BCUT2D eigenvalue weighted by atomic mass is 16.6. The minimum Gasteiger partial charge on any atom is -0.444 e. The van der Waals surface area contributed by atoms with Gasteiger partial charge < -0.3 is 14.2 Å². The molecular formula is C24H30N2O3. The lowest BCUT2D eigenvalue weighted by Crippen LogP contribution is -2.41. The van der Waals surface area contributed by atoms with Gasteiger partial charge >= 0.3 is 6.09 Å². The van der Waals surface area contributed by atoms with E-state index < -0.39 is 5.60 Å². The van der Waals surface area contributed by atoms with Crippen LogP contribution in [-0.4, -0.2) is 34.8 Å². The summed E-state index contributed by atoms with van der Waals surface area (Å²) < 4.78 is 11.2. The zero-order valence-corrected chi connectivity index (χ0v) is 17.8. The molecule has 154 valence electrons. The lowest BCUT2D eigenvalue weighted by Gasteiger charge is -2.33. The van der Waals surface area contributed by atoms with Crippen molar-refractivity contribution in [2.75, 3.05) is 13.1 Å². The lowest BCUT2D eigenvalue weighted by molar-refractivity contribution is 0.0181. The molecule has 1 amide bonds. The number of aryl methyl sites for hydroxylation is 2. The molecule has 0 atom stereocenters. The fourth-order valence-corrected chi connectivity index (χ4v) is 4.24. The monoisotopic (exact) mass is 394 g/mol. The van der Waals surface area contributed by atoms with Crippen molar-refractivity contribution < 1.29 is 14.1 Å². The van der Waals surface area contributed by atoms with Crippen molar-refractivity contribution >= 4 is 27.8 Å². The summed E-state index contributed by atoms with van der Waals surface area (Å²) in [6.45, 7) is 9.36. The summed E-state index contributed by atoms with van der Waals surface area (Å²) in [5, 5.41) is 7.97. The van der Waals surface area contributed by atoms with Crippen LogP contribution < -0.4 is 0 Å². The van der Waals surface area contributed by atoms with Crippen LogP contribution in [0.4, 0.5) is 4.79 Å². The van der Waals surface area contributed by atoms with E-state index >= 15 is 0 Å². The molecule has 4 rings (SSSR count). The van der Waals surface area contributed by atoms with Crippen LogP contribution in [0.2, 0.25) is 0 Å². The Labute approximate surface area is 172 Å². The number of nitrogens with zero attached hydrogens (tertiary/aromatic N) is 2. The number of piperidine rings is 1. The normalized spacial score (nSPS) is 15.9. The number of aromatic nitrogens is 1. The lowest BCUT2D eigenvalue weighted by atomic mass is 9.91. The summed E-state index contributed by atoms with van der Waals surface area (Å²) in [6, 6.07) is 10.6. The maximum atomic E-state index is 12.2. The average molecular weight is 395 g/mol. The molecule has 5 nitrogen and oxygen atoms in total. The first-order valence-electron chi connectivity index (χ1n) is 10.6. The number of rotatable bonds is 3. The molecule has 1 aliphatic heterocycles. The number of amides is 1. The molecule has 0 saturated carbocycles. The highest BCUT2D eigenvalue weighted by Crippen LogP contribution is 2.31. The van der Waals surface area contributed by atoms with Gasteiger partial charge in [0.25, 0.3) is 0 Å². The van der Waals surface area contributed by atoms with Crippen molar-refractivity contribution in [3.8, 4) is 0 Å². The Morgan fingerprint density at radius 1 is 1.21 bits per heavy atom. The number of hydrogen-bond acceptors (Lipinski definition) is 4. The molecule has 1 aliphatic rings. The Bertz CT molecular complexity index is 1020. The second-order valence-electron chi connectivity index (χ2n) is 9.18. The minimum atomic E-state index is -0.440. The van der Waals surface area contributed by atoms with E-state index in [-0.39, 0.29) is 6.09 Å². The van der Waals surface area contributed by atoms with Crippen LogP contribution in [0.25, 0.3) is 21.7 Å². The first-order valence-corrected chi connectivity index (χ1v) is 10.6. The van der Waals surface area contributed by atoms with Gasteiger partial charge in [0.2, 0.25) is 0 Å². The van der Waals surface area contributed by atoms with Crippen molar-refractivity contribution in [1.29, 1.82) is 0 Å². The molecule has 1 fully saturated rings. The predicted octanol–water partition coefficient (Wildman–Crippen LogP) is 5.87. The molecule has 3 aromatic rings. The largest absolute Gasteiger partial charge is 0.444 e. The van der Waals surface area contributed by atoms with Crippen LogP contribution >= 0.6 is 0 Å². The molecule has 0 radical (unpaired) electrons. The van der Waals surface area contributed by atoms with Crippen molar-refractivity contribution in [3.05, 3.63) is 41.6 Å².